The molecule has 51 heavy (non-hydrogen) atoms. The average molecular weight is 742 g/mol. The van der Waals surface area contributed by atoms with E-state index < -0.39 is 92.7 Å². The molecule has 0 unspecified atom stereocenters. The first kappa shape index (κ1) is 36.0. The van der Waals surface area contributed by atoms with Gasteiger partial charge in [0.2, 0.25) is 15.8 Å². The molecule has 3 heterocycles. The Hall–Kier alpha value is -4.78. The maximum Gasteiger partial charge on any atom is 0.473 e. The van der Waals surface area contributed by atoms with Gasteiger partial charge in [0.25, 0.3) is 5.91 Å². The Kier molecular flexibility index (Phi) is 9.47. The number of hydrazine groups is 1. The summed E-state index contributed by atoms with van der Waals surface area (Å²) in [6, 6.07) is 6.64. The number of H-pyrrole nitrogens is 1. The number of likely N-dealkylation sites (N-methyl/N-ethyl adjacent to an activating group) is 1. The van der Waals surface area contributed by atoms with Crippen LogP contribution < -0.4 is 9.91 Å². The third-order valence-corrected chi connectivity index (χ3v) is 10.6. The first-order valence-electron chi connectivity index (χ1n) is 15.7. The van der Waals surface area contributed by atoms with Gasteiger partial charge in [0.15, 0.2) is 11.5 Å². The molecule has 272 valence electrons. The Labute approximate surface area is 286 Å². The van der Waals surface area contributed by atoms with Gasteiger partial charge in [-0.2, -0.15) is 23.3 Å². The number of anilines is 2. The summed E-state index contributed by atoms with van der Waals surface area (Å²) in [5, 5.41) is 6.32. The highest BCUT2D eigenvalue weighted by molar-refractivity contribution is 7.91. The van der Waals surface area contributed by atoms with E-state index in [9.17, 15) is 48.7 Å². The van der Waals surface area contributed by atoms with Crippen molar-refractivity contribution in [2.24, 2.45) is 0 Å². The van der Waals surface area contributed by atoms with Crippen LogP contribution in [0.5, 0.6) is 0 Å². The predicted molar refractivity (Wildman–Crippen MR) is 169 cm³/mol. The fourth-order valence-electron chi connectivity index (χ4n) is 6.12. The quantitative estimate of drug-likeness (QED) is 0.208. The van der Waals surface area contributed by atoms with Crippen LogP contribution in [0.2, 0.25) is 0 Å². The minimum absolute atomic E-state index is 0.0463. The van der Waals surface area contributed by atoms with Crippen LogP contribution in [0.3, 0.4) is 0 Å². The topological polar surface area (TPSA) is 123 Å². The number of alkyl halides is 5. The van der Waals surface area contributed by atoms with E-state index in [1.165, 1.54) is 12.1 Å². The summed E-state index contributed by atoms with van der Waals surface area (Å²) in [5.41, 5.74) is 0.256. The fourth-order valence-corrected chi connectivity index (χ4v) is 7.39. The minimum Gasteiger partial charge on any atom is -0.369 e. The maximum atomic E-state index is 14.4. The number of rotatable bonds is 6. The van der Waals surface area contributed by atoms with E-state index in [0.29, 0.717) is 42.0 Å². The molecule has 1 N–H and O–H groups in total. The Morgan fingerprint density at radius 3 is 2.12 bits per heavy atom. The van der Waals surface area contributed by atoms with Gasteiger partial charge in [-0.25, -0.2) is 36.0 Å². The number of carbonyl (C=O) groups excluding carboxylic acids is 2. The number of fused-ring (bicyclic) bond motifs is 1. The highest BCUT2D eigenvalue weighted by atomic mass is 32.2. The standard InChI is InChI=1S/C32H30F7N7O4S/c1-43-10-12-44(13-11-43)22-4-2-19(3-5-22)29(47)46(45(30(48)32(37,38)39)23-6-8-31(35,36)9-7-23)28-26-17-25(18-40-27(26)41-42-28)51(49,50)24-15-20(33)14-21(34)16-24/h2-5,14-18,23H,6-13H2,1H3,(H,40,41,42). The molecule has 0 bridgehead atoms. The smallest absolute Gasteiger partial charge is 0.369 e. The number of hydrogen-bond acceptors (Lipinski definition) is 8. The van der Waals surface area contributed by atoms with Gasteiger partial charge < -0.3 is 9.80 Å². The first-order chi connectivity index (χ1) is 23.9. The second-order valence-corrected chi connectivity index (χ2v) is 14.4. The zero-order valence-corrected chi connectivity index (χ0v) is 27.6. The summed E-state index contributed by atoms with van der Waals surface area (Å²) < 4.78 is 126. The van der Waals surface area contributed by atoms with Gasteiger partial charge in [-0.05, 0) is 62.4 Å². The number of benzene rings is 2. The summed E-state index contributed by atoms with van der Waals surface area (Å²) in [6.07, 6.45) is -7.79. The third-order valence-electron chi connectivity index (χ3n) is 8.90. The maximum absolute atomic E-state index is 14.4. The van der Waals surface area contributed by atoms with Gasteiger partial charge in [-0.3, -0.25) is 14.7 Å². The third kappa shape index (κ3) is 7.35. The lowest BCUT2D eigenvalue weighted by atomic mass is 9.91. The number of amides is 2. The summed E-state index contributed by atoms with van der Waals surface area (Å²) in [6.45, 7) is 2.84. The Morgan fingerprint density at radius 1 is 0.922 bits per heavy atom. The molecule has 0 radical (unpaired) electrons. The molecular weight excluding hydrogens is 711 g/mol. The molecule has 1 aliphatic heterocycles. The average Bonchev–Trinajstić information content (AvgIpc) is 3.49. The lowest BCUT2D eigenvalue weighted by Gasteiger charge is -2.42. The largest absolute Gasteiger partial charge is 0.473 e. The van der Waals surface area contributed by atoms with Crippen LogP contribution in [0.1, 0.15) is 36.0 Å². The molecular formula is C32H30F7N7O4S. The van der Waals surface area contributed by atoms with Crippen molar-refractivity contribution in [3.05, 3.63) is 71.9 Å². The molecule has 1 aliphatic carbocycles. The summed E-state index contributed by atoms with van der Waals surface area (Å²) in [5.74, 6) is -10.1. The van der Waals surface area contributed by atoms with Gasteiger partial charge >= 0.3 is 12.1 Å². The number of pyridine rings is 1. The number of hydrogen-bond donors (Lipinski definition) is 1. The van der Waals surface area contributed by atoms with Crippen molar-refractivity contribution in [1.82, 2.24) is 25.1 Å². The molecule has 2 fully saturated rings. The molecule has 19 heteroatoms. The van der Waals surface area contributed by atoms with Gasteiger partial charge in [0.05, 0.1) is 21.2 Å². The SMILES string of the molecule is CN1CCN(c2ccc(C(=O)N(c3n[nH]c4ncc(S(=O)(=O)c5cc(F)cc(F)c5)cc34)N(C(=O)C(F)(F)F)C3CCC(F)(F)CC3)cc2)CC1. The lowest BCUT2D eigenvalue weighted by molar-refractivity contribution is -0.190. The zero-order chi connectivity index (χ0) is 36.9. The molecule has 2 aliphatic rings. The second-order valence-electron chi connectivity index (χ2n) is 12.4. The molecule has 2 amide bonds. The molecule has 0 atom stereocenters. The van der Waals surface area contributed by atoms with Gasteiger partial charge in [-0.1, -0.05) is 0 Å². The van der Waals surface area contributed by atoms with E-state index >= 15 is 0 Å². The van der Waals surface area contributed by atoms with Gasteiger partial charge in [0, 0.05) is 62.5 Å². The van der Waals surface area contributed by atoms with E-state index in [4.69, 9.17) is 0 Å². The van der Waals surface area contributed by atoms with Crippen molar-refractivity contribution in [1.29, 1.82) is 0 Å². The lowest BCUT2D eigenvalue weighted by Crippen LogP contribution is -2.60. The van der Waals surface area contributed by atoms with E-state index in [2.05, 4.69) is 20.1 Å². The molecule has 1 saturated carbocycles. The zero-order valence-electron chi connectivity index (χ0n) is 26.8. The van der Waals surface area contributed by atoms with Crippen molar-refractivity contribution < 1.29 is 48.7 Å². The Balaban J connectivity index is 1.49. The van der Waals surface area contributed by atoms with E-state index in [1.807, 2.05) is 11.9 Å². The minimum atomic E-state index is -5.59. The van der Waals surface area contributed by atoms with Crippen molar-refractivity contribution in [3.63, 3.8) is 0 Å². The number of nitrogens with zero attached hydrogens (tertiary/aromatic N) is 6. The number of carbonyl (C=O) groups is 2. The van der Waals surface area contributed by atoms with Crippen molar-refractivity contribution >= 4 is 44.2 Å². The molecule has 4 aromatic rings. The van der Waals surface area contributed by atoms with E-state index in [-0.39, 0.29) is 21.6 Å². The Bertz CT molecular complexity index is 2040. The first-order valence-corrected chi connectivity index (χ1v) is 17.1. The predicted octanol–water partition coefficient (Wildman–Crippen LogP) is 5.35. The molecule has 11 nitrogen and oxygen atoms in total. The number of aromatic nitrogens is 3. The highest BCUT2D eigenvalue weighted by Crippen LogP contribution is 2.39. The van der Waals surface area contributed by atoms with Crippen LogP contribution in [0.25, 0.3) is 11.0 Å². The fraction of sp³-hybridized carbons (Fsp3) is 0.375. The Morgan fingerprint density at radius 2 is 1.53 bits per heavy atom. The summed E-state index contributed by atoms with van der Waals surface area (Å²) in [4.78, 5) is 34.2. The number of nitrogens with one attached hydrogen (secondary N) is 1. The van der Waals surface area contributed by atoms with Crippen molar-refractivity contribution in [2.75, 3.05) is 43.1 Å². The molecule has 0 spiro atoms. The van der Waals surface area contributed by atoms with Crippen LogP contribution in [0.15, 0.2) is 64.5 Å². The summed E-state index contributed by atoms with van der Waals surface area (Å²) in [7, 11) is -2.76. The number of sulfone groups is 1. The van der Waals surface area contributed by atoms with Crippen LogP contribution >= 0.6 is 0 Å². The second kappa shape index (κ2) is 13.4. The van der Waals surface area contributed by atoms with Crippen molar-refractivity contribution in [2.45, 2.75) is 53.6 Å². The van der Waals surface area contributed by atoms with Gasteiger partial charge in [0.1, 0.15) is 11.6 Å². The number of piperazine rings is 1. The van der Waals surface area contributed by atoms with Crippen LogP contribution in [-0.2, 0) is 14.6 Å². The highest BCUT2D eigenvalue weighted by Gasteiger charge is 2.51. The van der Waals surface area contributed by atoms with Gasteiger partial charge in [-0.15, -0.1) is 0 Å². The van der Waals surface area contributed by atoms with Crippen molar-refractivity contribution in [3.8, 4) is 0 Å². The molecule has 6 rings (SSSR count). The normalized spacial score (nSPS) is 17.5. The van der Waals surface area contributed by atoms with E-state index in [1.54, 1.807) is 12.1 Å². The monoisotopic (exact) mass is 741 g/mol. The molecule has 2 aromatic heterocycles. The van der Waals surface area contributed by atoms with Crippen LogP contribution in [0.4, 0.5) is 42.2 Å². The number of halogens is 7. The van der Waals surface area contributed by atoms with E-state index in [0.717, 1.165) is 25.4 Å². The number of aromatic amines is 1. The summed E-state index contributed by atoms with van der Waals surface area (Å²) >= 11 is 0. The van der Waals surface area contributed by atoms with Crippen LogP contribution in [-0.4, -0.2) is 96.7 Å². The van der Waals surface area contributed by atoms with Crippen LogP contribution in [0, 0.1) is 11.6 Å². The molecule has 1 saturated heterocycles. The molecule has 2 aromatic carbocycles.